The standard InChI is InChI=1S/C16H15N3O2S/c1-9-7-12(8-22-9)15-13(5-4-6-17-15)18-16(20)14-10(2)19-21-11(14)3/h4-8H,1-3H3,(H,18,20). The zero-order valence-corrected chi connectivity index (χ0v) is 13.3. The van der Waals surface area contributed by atoms with E-state index in [0.29, 0.717) is 22.7 Å². The van der Waals surface area contributed by atoms with Crippen LogP contribution in [0.1, 0.15) is 26.7 Å². The maximum Gasteiger partial charge on any atom is 0.261 e. The van der Waals surface area contributed by atoms with Crippen LogP contribution < -0.4 is 5.32 Å². The average molecular weight is 313 g/mol. The molecule has 0 unspecified atom stereocenters. The van der Waals surface area contributed by atoms with E-state index in [1.54, 1.807) is 37.4 Å². The Hall–Kier alpha value is -2.47. The third kappa shape index (κ3) is 2.65. The van der Waals surface area contributed by atoms with Crippen molar-refractivity contribution in [3.63, 3.8) is 0 Å². The molecule has 5 nitrogen and oxygen atoms in total. The minimum Gasteiger partial charge on any atom is -0.361 e. The third-order valence-corrected chi connectivity index (χ3v) is 4.18. The second-order valence-electron chi connectivity index (χ2n) is 5.00. The molecule has 22 heavy (non-hydrogen) atoms. The quantitative estimate of drug-likeness (QED) is 0.794. The van der Waals surface area contributed by atoms with Gasteiger partial charge in [-0.3, -0.25) is 9.78 Å². The van der Waals surface area contributed by atoms with E-state index in [0.717, 1.165) is 11.3 Å². The van der Waals surface area contributed by atoms with Gasteiger partial charge >= 0.3 is 0 Å². The van der Waals surface area contributed by atoms with Gasteiger partial charge in [0.2, 0.25) is 0 Å². The smallest absolute Gasteiger partial charge is 0.261 e. The van der Waals surface area contributed by atoms with E-state index in [-0.39, 0.29) is 5.91 Å². The fourth-order valence-corrected chi connectivity index (χ4v) is 2.98. The summed E-state index contributed by atoms with van der Waals surface area (Å²) in [6.07, 6.45) is 1.72. The highest BCUT2D eigenvalue weighted by atomic mass is 32.1. The number of pyridine rings is 1. The summed E-state index contributed by atoms with van der Waals surface area (Å²) in [7, 11) is 0. The Balaban J connectivity index is 1.95. The summed E-state index contributed by atoms with van der Waals surface area (Å²) < 4.78 is 5.05. The minimum atomic E-state index is -0.238. The van der Waals surface area contributed by atoms with Crippen molar-refractivity contribution in [3.05, 3.63) is 51.7 Å². The molecule has 0 spiro atoms. The lowest BCUT2D eigenvalue weighted by atomic mass is 10.1. The number of rotatable bonds is 3. The number of carbonyl (C=O) groups is 1. The van der Waals surface area contributed by atoms with E-state index in [1.165, 1.54) is 4.88 Å². The van der Waals surface area contributed by atoms with Crippen LogP contribution in [-0.4, -0.2) is 16.0 Å². The summed E-state index contributed by atoms with van der Waals surface area (Å²) >= 11 is 1.65. The molecule has 3 aromatic rings. The molecule has 112 valence electrons. The summed E-state index contributed by atoms with van der Waals surface area (Å²) in [5.74, 6) is 0.268. The zero-order valence-electron chi connectivity index (χ0n) is 12.5. The highest BCUT2D eigenvalue weighted by Gasteiger charge is 2.19. The Morgan fingerprint density at radius 2 is 2.14 bits per heavy atom. The summed E-state index contributed by atoms with van der Waals surface area (Å²) in [5, 5.41) is 8.75. The number of nitrogens with zero attached hydrogens (tertiary/aromatic N) is 2. The monoisotopic (exact) mass is 313 g/mol. The van der Waals surface area contributed by atoms with Gasteiger partial charge in [-0.2, -0.15) is 0 Å². The fourth-order valence-electron chi connectivity index (χ4n) is 2.30. The molecule has 0 bridgehead atoms. The summed E-state index contributed by atoms with van der Waals surface area (Å²) in [4.78, 5) is 18.1. The minimum absolute atomic E-state index is 0.238. The number of hydrogen-bond donors (Lipinski definition) is 1. The van der Waals surface area contributed by atoms with E-state index < -0.39 is 0 Å². The SMILES string of the molecule is Cc1cc(-c2ncccc2NC(=O)c2c(C)noc2C)cs1. The van der Waals surface area contributed by atoms with E-state index in [1.807, 2.05) is 18.4 Å². The van der Waals surface area contributed by atoms with Crippen molar-refractivity contribution < 1.29 is 9.32 Å². The van der Waals surface area contributed by atoms with Crippen LogP contribution in [0.5, 0.6) is 0 Å². The number of aryl methyl sites for hydroxylation is 3. The highest BCUT2D eigenvalue weighted by Crippen LogP contribution is 2.29. The van der Waals surface area contributed by atoms with Gasteiger partial charge in [-0.15, -0.1) is 11.3 Å². The van der Waals surface area contributed by atoms with Crippen LogP contribution in [0.2, 0.25) is 0 Å². The topological polar surface area (TPSA) is 68.0 Å². The lowest BCUT2D eigenvalue weighted by Gasteiger charge is -2.09. The van der Waals surface area contributed by atoms with Gasteiger partial charge in [0.05, 0.1) is 17.1 Å². The molecule has 0 aliphatic rings. The molecular weight excluding hydrogens is 298 g/mol. The van der Waals surface area contributed by atoms with Crippen LogP contribution in [-0.2, 0) is 0 Å². The van der Waals surface area contributed by atoms with Crippen molar-refractivity contribution in [2.24, 2.45) is 0 Å². The van der Waals surface area contributed by atoms with Crippen molar-refractivity contribution in [2.45, 2.75) is 20.8 Å². The Bertz CT molecular complexity index is 816. The van der Waals surface area contributed by atoms with Crippen LogP contribution in [0.3, 0.4) is 0 Å². The van der Waals surface area contributed by atoms with E-state index in [9.17, 15) is 4.79 Å². The first-order chi connectivity index (χ1) is 10.6. The zero-order chi connectivity index (χ0) is 15.7. The molecule has 0 fully saturated rings. The lowest BCUT2D eigenvalue weighted by Crippen LogP contribution is -2.14. The molecule has 3 rings (SSSR count). The van der Waals surface area contributed by atoms with Gasteiger partial charge in [0.25, 0.3) is 5.91 Å². The molecule has 0 saturated heterocycles. The van der Waals surface area contributed by atoms with Crippen molar-refractivity contribution >= 4 is 22.9 Å². The third-order valence-electron chi connectivity index (χ3n) is 3.32. The molecular formula is C16H15N3O2S. The van der Waals surface area contributed by atoms with Crippen molar-refractivity contribution in [1.29, 1.82) is 0 Å². The molecule has 0 aromatic carbocycles. The number of carbonyl (C=O) groups excluding carboxylic acids is 1. The summed E-state index contributed by atoms with van der Waals surface area (Å²) in [6, 6.07) is 5.69. The van der Waals surface area contributed by atoms with Crippen molar-refractivity contribution in [2.75, 3.05) is 5.32 Å². The fraction of sp³-hybridized carbons (Fsp3) is 0.188. The number of aromatic nitrogens is 2. The average Bonchev–Trinajstić information content (AvgIpc) is 3.06. The maximum atomic E-state index is 12.5. The van der Waals surface area contributed by atoms with Gasteiger partial charge in [0.1, 0.15) is 11.3 Å². The van der Waals surface area contributed by atoms with E-state index in [2.05, 4.69) is 21.5 Å². The van der Waals surface area contributed by atoms with Crippen LogP contribution in [0.4, 0.5) is 5.69 Å². The molecule has 3 aromatic heterocycles. The number of thiophene rings is 1. The normalized spacial score (nSPS) is 10.7. The van der Waals surface area contributed by atoms with Crippen LogP contribution in [0, 0.1) is 20.8 Å². The van der Waals surface area contributed by atoms with Crippen molar-refractivity contribution in [1.82, 2.24) is 10.1 Å². The van der Waals surface area contributed by atoms with Gasteiger partial charge in [-0.05, 0) is 39.0 Å². The Morgan fingerprint density at radius 3 is 2.77 bits per heavy atom. The molecule has 3 heterocycles. The lowest BCUT2D eigenvalue weighted by molar-refractivity contribution is 0.102. The molecule has 0 saturated carbocycles. The first kappa shape index (κ1) is 14.5. The molecule has 0 aliphatic carbocycles. The van der Waals surface area contributed by atoms with Gasteiger partial charge in [0.15, 0.2) is 0 Å². The number of amides is 1. The van der Waals surface area contributed by atoms with E-state index >= 15 is 0 Å². The number of anilines is 1. The molecule has 1 N–H and O–H groups in total. The molecule has 0 radical (unpaired) electrons. The molecule has 6 heteroatoms. The van der Waals surface area contributed by atoms with Gasteiger partial charge in [-0.1, -0.05) is 5.16 Å². The second-order valence-corrected chi connectivity index (χ2v) is 6.11. The van der Waals surface area contributed by atoms with Crippen LogP contribution in [0.25, 0.3) is 11.3 Å². The van der Waals surface area contributed by atoms with Crippen LogP contribution >= 0.6 is 11.3 Å². The van der Waals surface area contributed by atoms with Gasteiger partial charge < -0.3 is 9.84 Å². The first-order valence-electron chi connectivity index (χ1n) is 6.81. The predicted octanol–water partition coefficient (Wildman–Crippen LogP) is 3.98. The first-order valence-corrected chi connectivity index (χ1v) is 7.69. The summed E-state index contributed by atoms with van der Waals surface area (Å²) in [5.41, 5.74) is 3.47. The van der Waals surface area contributed by atoms with E-state index in [4.69, 9.17) is 4.52 Å². The highest BCUT2D eigenvalue weighted by molar-refractivity contribution is 7.10. The number of nitrogens with one attached hydrogen (secondary N) is 1. The molecule has 0 atom stereocenters. The summed E-state index contributed by atoms with van der Waals surface area (Å²) in [6.45, 7) is 5.51. The van der Waals surface area contributed by atoms with Crippen LogP contribution in [0.15, 0.2) is 34.3 Å². The Morgan fingerprint density at radius 1 is 1.32 bits per heavy atom. The Labute approximate surface area is 132 Å². The number of hydrogen-bond acceptors (Lipinski definition) is 5. The molecule has 0 aliphatic heterocycles. The molecule has 1 amide bonds. The predicted molar refractivity (Wildman–Crippen MR) is 86.2 cm³/mol. The van der Waals surface area contributed by atoms with Gasteiger partial charge in [0, 0.05) is 22.0 Å². The second kappa shape index (κ2) is 5.73. The van der Waals surface area contributed by atoms with Gasteiger partial charge in [-0.25, -0.2) is 0 Å². The van der Waals surface area contributed by atoms with Crippen molar-refractivity contribution in [3.8, 4) is 11.3 Å². The largest absolute Gasteiger partial charge is 0.361 e. The maximum absolute atomic E-state index is 12.5. The Kier molecular flexibility index (Phi) is 3.77.